The quantitative estimate of drug-likeness (QED) is 0.292. The van der Waals surface area contributed by atoms with Gasteiger partial charge in [-0.1, -0.05) is 0 Å². The van der Waals surface area contributed by atoms with Crippen LogP contribution in [0.3, 0.4) is 0 Å². The summed E-state index contributed by atoms with van der Waals surface area (Å²) in [4.78, 5) is 25.5. The van der Waals surface area contributed by atoms with Crippen LogP contribution in [0.1, 0.15) is 0 Å². The Morgan fingerprint density at radius 3 is 0.923 bits per heavy atom. The maximum Gasteiger partial charge on any atom is 2.00 e. The van der Waals surface area contributed by atoms with Gasteiger partial charge in [-0.05, 0) is 0 Å². The van der Waals surface area contributed by atoms with Crippen molar-refractivity contribution < 1.29 is 32.0 Å². The van der Waals surface area contributed by atoms with Gasteiger partial charge in [-0.2, -0.15) is 0 Å². The Morgan fingerprint density at radius 2 is 0.923 bits per heavy atom. The minimum Gasteiger partial charge on any atom is -0.356 e. The van der Waals surface area contributed by atoms with Crippen LogP contribution in [0.25, 0.3) is 0 Å². The molecule has 2 amide bonds. The topological polar surface area (TPSA) is 202 Å². The molecule has 0 unspecified atom stereocenters. The molecular formula is CH4FeN4O7. The van der Waals surface area contributed by atoms with Gasteiger partial charge in [0.05, 0.1) is 10.2 Å². The van der Waals surface area contributed by atoms with Gasteiger partial charge in [0.25, 0.3) is 0 Å². The van der Waals surface area contributed by atoms with E-state index in [4.69, 9.17) is 35.4 Å². The zero-order chi connectivity index (χ0) is 10.7. The monoisotopic (exact) mass is 240 g/mol. The van der Waals surface area contributed by atoms with E-state index >= 15 is 0 Å². The Morgan fingerprint density at radius 1 is 0.923 bits per heavy atom. The van der Waals surface area contributed by atoms with Gasteiger partial charge in [0, 0.05) is 0 Å². The largest absolute Gasteiger partial charge is 2.00 e. The van der Waals surface area contributed by atoms with Crippen LogP contribution in [0.5, 0.6) is 0 Å². The number of primary amides is 2. The summed E-state index contributed by atoms with van der Waals surface area (Å²) in [6.07, 6.45) is 0. The molecule has 78 valence electrons. The van der Waals surface area contributed by atoms with Crippen molar-refractivity contribution in [2.45, 2.75) is 0 Å². The first-order chi connectivity index (χ1) is 5.20. The molecule has 0 bridgehead atoms. The number of nitrogens with two attached hydrogens (primary N) is 2. The first-order valence-electron chi connectivity index (χ1n) is 1.88. The van der Waals surface area contributed by atoms with E-state index in [1.54, 1.807) is 0 Å². The van der Waals surface area contributed by atoms with Gasteiger partial charge in [-0.25, -0.2) is 4.79 Å². The van der Waals surface area contributed by atoms with E-state index in [9.17, 15) is 0 Å². The number of rotatable bonds is 0. The Bertz CT molecular complexity index is 118. The Labute approximate surface area is 81.0 Å². The second kappa shape index (κ2) is 16.6. The molecule has 4 N–H and O–H groups in total. The van der Waals surface area contributed by atoms with Crippen molar-refractivity contribution in [3.8, 4) is 0 Å². The average molecular weight is 240 g/mol. The molecule has 0 fully saturated rings. The van der Waals surface area contributed by atoms with E-state index in [1.807, 2.05) is 0 Å². The van der Waals surface area contributed by atoms with E-state index < -0.39 is 16.2 Å². The molecule has 0 radical (unpaired) electrons. The molecule has 0 aromatic carbocycles. The van der Waals surface area contributed by atoms with Crippen LogP contribution >= 0.6 is 0 Å². The first kappa shape index (κ1) is 22.5. The number of nitrogens with zero attached hydrogens (tertiary/aromatic N) is 2. The molecule has 0 aliphatic rings. The minimum atomic E-state index is -1.75. The summed E-state index contributed by atoms with van der Waals surface area (Å²) >= 11 is 0. The van der Waals surface area contributed by atoms with E-state index in [2.05, 4.69) is 11.5 Å². The standard InChI is InChI=1S/CH4N2O.Fe.2NO3/c2-1(3)4;;2*2-1(3)4/h(H4,2,3,4);;;/q;+2;2*-1. The van der Waals surface area contributed by atoms with Gasteiger partial charge in [-0.15, -0.1) is 0 Å². The van der Waals surface area contributed by atoms with Crippen LogP contribution in [0.15, 0.2) is 0 Å². The van der Waals surface area contributed by atoms with Crippen LogP contribution in [0.2, 0.25) is 0 Å². The molecule has 0 aliphatic heterocycles. The van der Waals surface area contributed by atoms with E-state index in [0.29, 0.717) is 0 Å². The summed E-state index contributed by atoms with van der Waals surface area (Å²) < 4.78 is 0. The van der Waals surface area contributed by atoms with Crippen LogP contribution < -0.4 is 11.5 Å². The van der Waals surface area contributed by atoms with Crippen molar-refractivity contribution in [2.75, 3.05) is 0 Å². The van der Waals surface area contributed by atoms with Crippen LogP contribution in [-0.4, -0.2) is 16.2 Å². The van der Waals surface area contributed by atoms with Gasteiger partial charge >= 0.3 is 23.1 Å². The maximum absolute atomic E-state index is 9.00. The Kier molecular flexibility index (Phi) is 28.8. The Hall–Kier alpha value is -1.81. The number of amides is 2. The van der Waals surface area contributed by atoms with Gasteiger partial charge in [0.1, 0.15) is 0 Å². The van der Waals surface area contributed by atoms with E-state index in [1.165, 1.54) is 0 Å². The third-order valence-corrected chi connectivity index (χ3v) is 0. The predicted molar refractivity (Wildman–Crippen MR) is 34.5 cm³/mol. The molecule has 0 saturated heterocycles. The van der Waals surface area contributed by atoms with Crippen molar-refractivity contribution in [2.24, 2.45) is 11.5 Å². The molecular weight excluding hydrogens is 236 g/mol. The summed E-state index contributed by atoms with van der Waals surface area (Å²) in [5.41, 5.74) is 8.50. The van der Waals surface area contributed by atoms with Gasteiger partial charge in [0.2, 0.25) is 0 Å². The molecule has 0 rings (SSSR count). The van der Waals surface area contributed by atoms with Gasteiger partial charge < -0.3 is 42.1 Å². The van der Waals surface area contributed by atoms with Gasteiger partial charge in [-0.3, -0.25) is 0 Å². The smallest absolute Gasteiger partial charge is 0.356 e. The fourth-order valence-corrected chi connectivity index (χ4v) is 0. The third kappa shape index (κ3) is 208. The molecule has 0 aromatic heterocycles. The number of carbonyl (C=O) groups is 1. The van der Waals surface area contributed by atoms with Crippen molar-refractivity contribution in [1.82, 2.24) is 0 Å². The predicted octanol–water partition coefficient (Wildman–Crippen LogP) is -1.46. The van der Waals surface area contributed by atoms with Crippen LogP contribution in [-0.2, 0) is 17.1 Å². The fraction of sp³-hybridized carbons (Fsp3) is 0. The normalized spacial score (nSPS) is 5.54. The second-order valence-electron chi connectivity index (χ2n) is 0.850. The molecule has 0 spiro atoms. The summed E-state index contributed by atoms with van der Waals surface area (Å²) in [5, 5.41) is 29.5. The molecule has 0 aromatic rings. The zero-order valence-electron chi connectivity index (χ0n) is 5.76. The minimum absolute atomic E-state index is 0. The summed E-state index contributed by atoms with van der Waals surface area (Å²) in [7, 11) is 0. The van der Waals surface area contributed by atoms with Crippen molar-refractivity contribution >= 4 is 6.03 Å². The second-order valence-corrected chi connectivity index (χ2v) is 0.850. The van der Waals surface area contributed by atoms with Crippen molar-refractivity contribution in [1.29, 1.82) is 0 Å². The molecule has 0 heterocycles. The molecule has 11 nitrogen and oxygen atoms in total. The zero-order valence-corrected chi connectivity index (χ0v) is 6.86. The fourth-order valence-electron chi connectivity index (χ4n) is 0. The third-order valence-electron chi connectivity index (χ3n) is 0. The number of hydrogen-bond acceptors (Lipinski definition) is 7. The molecule has 0 atom stereocenters. The summed E-state index contributed by atoms with van der Waals surface area (Å²) in [5.74, 6) is 0. The summed E-state index contributed by atoms with van der Waals surface area (Å²) in [6.45, 7) is 0. The maximum atomic E-state index is 9.00. The van der Waals surface area contributed by atoms with Crippen molar-refractivity contribution in [3.05, 3.63) is 30.6 Å². The molecule has 13 heavy (non-hydrogen) atoms. The molecule has 12 heteroatoms. The van der Waals surface area contributed by atoms with Crippen LogP contribution in [0.4, 0.5) is 4.79 Å². The first-order valence-corrected chi connectivity index (χ1v) is 1.88. The van der Waals surface area contributed by atoms with E-state index in [0.717, 1.165) is 0 Å². The Balaban J connectivity index is -0.0000000450. The van der Waals surface area contributed by atoms with Gasteiger partial charge in [0.15, 0.2) is 0 Å². The number of urea groups is 1. The molecule has 0 aliphatic carbocycles. The summed E-state index contributed by atoms with van der Waals surface area (Å²) in [6, 6.07) is -0.833. The number of carbonyl (C=O) groups excluding carboxylic acids is 1. The van der Waals surface area contributed by atoms with Crippen LogP contribution in [0, 0.1) is 30.6 Å². The SMILES string of the molecule is NC(N)=O.O=[N+]([O-])[O-].O=[N+]([O-])[O-].[Fe+2]. The number of hydrogen-bond donors (Lipinski definition) is 2. The van der Waals surface area contributed by atoms with Crippen molar-refractivity contribution in [3.63, 3.8) is 0 Å². The average Bonchev–Trinajstić information content (AvgIpc) is 1.54. The molecule has 0 saturated carbocycles. The van der Waals surface area contributed by atoms with E-state index in [-0.39, 0.29) is 17.1 Å².